The number of carbonyl (C=O) groups excluding carboxylic acids is 2. The van der Waals surface area contributed by atoms with Crippen molar-refractivity contribution < 1.29 is 9.59 Å². The molecule has 0 spiro atoms. The highest BCUT2D eigenvalue weighted by molar-refractivity contribution is 5.94. The van der Waals surface area contributed by atoms with E-state index < -0.39 is 0 Å². The van der Waals surface area contributed by atoms with Gasteiger partial charge >= 0.3 is 0 Å². The van der Waals surface area contributed by atoms with E-state index in [9.17, 15) is 9.59 Å². The first-order valence-electron chi connectivity index (χ1n) is 10.2. The maximum absolute atomic E-state index is 12.6. The van der Waals surface area contributed by atoms with Gasteiger partial charge in [0.2, 0.25) is 5.91 Å². The number of piperazine rings is 1. The average molecular weight is 373 g/mol. The Morgan fingerprint density at radius 3 is 2.15 bits per heavy atom. The summed E-state index contributed by atoms with van der Waals surface area (Å²) in [5, 5.41) is 0. The standard InChI is InChI=1S/C21H32N4O2/c1-2-23-11-13-24(14-12-23)20(26)15-17-7-9-25(10-8-17)21(27)19-5-3-18(16-22)4-6-19/h3-6,17H,2,7-16,22H2,1H3. The molecule has 1 aromatic rings. The molecule has 0 aliphatic carbocycles. The molecule has 0 radical (unpaired) electrons. The number of likely N-dealkylation sites (N-methyl/N-ethyl adjacent to an activating group) is 1. The van der Waals surface area contributed by atoms with Crippen LogP contribution in [0.5, 0.6) is 0 Å². The lowest BCUT2D eigenvalue weighted by molar-refractivity contribution is -0.134. The van der Waals surface area contributed by atoms with Crippen molar-refractivity contribution in [2.75, 3.05) is 45.8 Å². The topological polar surface area (TPSA) is 69.9 Å². The normalized spacial score (nSPS) is 19.3. The van der Waals surface area contributed by atoms with Crippen LogP contribution in [0, 0.1) is 5.92 Å². The Hall–Kier alpha value is -1.92. The molecule has 2 N–H and O–H groups in total. The number of carbonyl (C=O) groups is 2. The third-order valence-electron chi connectivity index (χ3n) is 5.97. The zero-order chi connectivity index (χ0) is 19.2. The third-order valence-corrected chi connectivity index (χ3v) is 5.97. The number of benzene rings is 1. The van der Waals surface area contributed by atoms with Crippen molar-refractivity contribution in [1.29, 1.82) is 0 Å². The first-order valence-corrected chi connectivity index (χ1v) is 10.2. The van der Waals surface area contributed by atoms with Gasteiger partial charge in [-0.15, -0.1) is 0 Å². The van der Waals surface area contributed by atoms with Crippen LogP contribution >= 0.6 is 0 Å². The van der Waals surface area contributed by atoms with E-state index in [4.69, 9.17) is 5.73 Å². The van der Waals surface area contributed by atoms with Crippen LogP contribution in [0.3, 0.4) is 0 Å². The Kier molecular flexibility index (Phi) is 6.85. The zero-order valence-corrected chi connectivity index (χ0v) is 16.4. The molecular weight excluding hydrogens is 340 g/mol. The molecule has 1 aromatic carbocycles. The fourth-order valence-corrected chi connectivity index (χ4v) is 4.00. The fourth-order valence-electron chi connectivity index (χ4n) is 4.00. The molecular formula is C21H32N4O2. The summed E-state index contributed by atoms with van der Waals surface area (Å²) in [6, 6.07) is 7.54. The van der Waals surface area contributed by atoms with Crippen molar-refractivity contribution in [3.63, 3.8) is 0 Å². The maximum atomic E-state index is 12.6. The van der Waals surface area contributed by atoms with Gasteiger partial charge < -0.3 is 20.4 Å². The van der Waals surface area contributed by atoms with Crippen LogP contribution in [0.25, 0.3) is 0 Å². The average Bonchev–Trinajstić information content (AvgIpc) is 2.74. The molecule has 0 unspecified atom stereocenters. The predicted molar refractivity (Wildman–Crippen MR) is 106 cm³/mol. The van der Waals surface area contributed by atoms with Crippen LogP contribution < -0.4 is 5.73 Å². The molecule has 6 heteroatoms. The van der Waals surface area contributed by atoms with Crippen molar-refractivity contribution >= 4 is 11.8 Å². The first kappa shape index (κ1) is 19.8. The highest BCUT2D eigenvalue weighted by Gasteiger charge is 2.27. The minimum Gasteiger partial charge on any atom is -0.340 e. The highest BCUT2D eigenvalue weighted by atomic mass is 16.2. The monoisotopic (exact) mass is 372 g/mol. The molecule has 148 valence electrons. The predicted octanol–water partition coefficient (Wildman–Crippen LogP) is 1.55. The van der Waals surface area contributed by atoms with Crippen LogP contribution in [-0.2, 0) is 11.3 Å². The second-order valence-electron chi connectivity index (χ2n) is 7.66. The van der Waals surface area contributed by atoms with Gasteiger partial charge in [0.15, 0.2) is 0 Å². The molecule has 3 rings (SSSR count). The third kappa shape index (κ3) is 5.08. The first-order chi connectivity index (χ1) is 13.1. The van der Waals surface area contributed by atoms with Crippen LogP contribution in [0.4, 0.5) is 0 Å². The van der Waals surface area contributed by atoms with Gasteiger partial charge in [-0.05, 0) is 43.0 Å². The Balaban J connectivity index is 1.44. The van der Waals surface area contributed by atoms with Gasteiger partial charge in [0.05, 0.1) is 0 Å². The van der Waals surface area contributed by atoms with E-state index >= 15 is 0 Å². The van der Waals surface area contributed by atoms with Gasteiger partial charge in [0.1, 0.15) is 0 Å². The van der Waals surface area contributed by atoms with E-state index in [1.807, 2.05) is 34.1 Å². The SMILES string of the molecule is CCN1CCN(C(=O)CC2CCN(C(=O)c3ccc(CN)cc3)CC2)CC1. The van der Waals surface area contributed by atoms with Gasteiger partial charge in [0, 0.05) is 57.8 Å². The molecule has 0 bridgehead atoms. The minimum absolute atomic E-state index is 0.0824. The molecule has 0 atom stereocenters. The summed E-state index contributed by atoms with van der Waals surface area (Å²) >= 11 is 0. The summed E-state index contributed by atoms with van der Waals surface area (Å²) in [5.41, 5.74) is 7.36. The smallest absolute Gasteiger partial charge is 0.253 e. The summed E-state index contributed by atoms with van der Waals surface area (Å²) in [7, 11) is 0. The van der Waals surface area contributed by atoms with E-state index in [2.05, 4.69) is 11.8 Å². The molecule has 2 aliphatic rings. The van der Waals surface area contributed by atoms with E-state index in [0.29, 0.717) is 18.9 Å². The Morgan fingerprint density at radius 2 is 1.59 bits per heavy atom. The van der Waals surface area contributed by atoms with Gasteiger partial charge in [-0.2, -0.15) is 0 Å². The lowest BCUT2D eigenvalue weighted by Crippen LogP contribution is -2.49. The number of nitrogens with two attached hydrogens (primary N) is 1. The minimum atomic E-state index is 0.0824. The van der Waals surface area contributed by atoms with E-state index in [0.717, 1.165) is 69.8 Å². The van der Waals surface area contributed by atoms with Gasteiger partial charge in [-0.25, -0.2) is 0 Å². The summed E-state index contributed by atoms with van der Waals surface area (Å²) in [5.74, 6) is 0.761. The van der Waals surface area contributed by atoms with Crippen molar-refractivity contribution in [3.8, 4) is 0 Å². The molecule has 2 amide bonds. The summed E-state index contributed by atoms with van der Waals surface area (Å²) in [4.78, 5) is 31.5. The van der Waals surface area contributed by atoms with Crippen LogP contribution in [0.2, 0.25) is 0 Å². The molecule has 0 aromatic heterocycles. The number of hydrogen-bond donors (Lipinski definition) is 1. The van der Waals surface area contributed by atoms with Crippen molar-refractivity contribution in [2.24, 2.45) is 11.7 Å². The second-order valence-corrected chi connectivity index (χ2v) is 7.66. The summed E-state index contributed by atoms with van der Waals surface area (Å²) in [6.07, 6.45) is 2.44. The van der Waals surface area contributed by atoms with E-state index in [1.54, 1.807) is 0 Å². The highest BCUT2D eigenvalue weighted by Crippen LogP contribution is 2.23. The second kappa shape index (κ2) is 9.33. The fraction of sp³-hybridized carbons (Fsp3) is 0.619. The number of piperidine rings is 1. The molecule has 2 fully saturated rings. The molecule has 27 heavy (non-hydrogen) atoms. The Labute approximate surface area is 162 Å². The van der Waals surface area contributed by atoms with Crippen molar-refractivity contribution in [1.82, 2.24) is 14.7 Å². The lowest BCUT2D eigenvalue weighted by atomic mass is 9.92. The number of rotatable bonds is 5. The number of amides is 2. The molecule has 2 aliphatic heterocycles. The number of nitrogens with zero attached hydrogens (tertiary/aromatic N) is 3. The quantitative estimate of drug-likeness (QED) is 0.851. The zero-order valence-electron chi connectivity index (χ0n) is 16.4. The van der Waals surface area contributed by atoms with Gasteiger partial charge in [-0.3, -0.25) is 9.59 Å². The van der Waals surface area contributed by atoms with Crippen LogP contribution in [0.15, 0.2) is 24.3 Å². The largest absolute Gasteiger partial charge is 0.340 e. The maximum Gasteiger partial charge on any atom is 0.253 e. The summed E-state index contributed by atoms with van der Waals surface area (Å²) < 4.78 is 0. The van der Waals surface area contributed by atoms with E-state index in [1.165, 1.54) is 0 Å². The molecule has 2 heterocycles. The molecule has 0 saturated carbocycles. The number of likely N-dealkylation sites (tertiary alicyclic amines) is 1. The summed E-state index contributed by atoms with van der Waals surface area (Å²) in [6.45, 7) is 8.85. The Morgan fingerprint density at radius 1 is 0.963 bits per heavy atom. The van der Waals surface area contributed by atoms with Crippen LogP contribution in [0.1, 0.15) is 42.1 Å². The Bertz CT molecular complexity index is 630. The number of hydrogen-bond acceptors (Lipinski definition) is 4. The van der Waals surface area contributed by atoms with Crippen molar-refractivity contribution in [3.05, 3.63) is 35.4 Å². The van der Waals surface area contributed by atoms with Gasteiger partial charge in [0.25, 0.3) is 5.91 Å². The molecule has 2 saturated heterocycles. The van der Waals surface area contributed by atoms with E-state index in [-0.39, 0.29) is 11.8 Å². The van der Waals surface area contributed by atoms with Gasteiger partial charge in [-0.1, -0.05) is 19.1 Å². The van der Waals surface area contributed by atoms with Crippen molar-refractivity contribution in [2.45, 2.75) is 32.7 Å². The molecule has 6 nitrogen and oxygen atoms in total. The van der Waals surface area contributed by atoms with Crippen LogP contribution in [-0.4, -0.2) is 72.3 Å². The lowest BCUT2D eigenvalue weighted by Gasteiger charge is -2.36.